The van der Waals surface area contributed by atoms with Crippen LogP contribution in [-0.2, 0) is 6.54 Å². The van der Waals surface area contributed by atoms with E-state index in [2.05, 4.69) is 40.3 Å². The predicted molar refractivity (Wildman–Crippen MR) is 79.5 cm³/mol. The molecule has 1 aliphatic rings. The average molecular weight is 258 g/mol. The highest BCUT2D eigenvalue weighted by Gasteiger charge is 2.14. The Kier molecular flexibility index (Phi) is 3.69. The lowest BCUT2D eigenvalue weighted by Crippen LogP contribution is -2.33. The molecule has 19 heavy (non-hydrogen) atoms. The van der Waals surface area contributed by atoms with Crippen molar-refractivity contribution in [2.24, 2.45) is 5.92 Å². The van der Waals surface area contributed by atoms with Crippen LogP contribution >= 0.6 is 0 Å². The molecule has 102 valence electrons. The molecule has 1 unspecified atom stereocenters. The van der Waals surface area contributed by atoms with Crippen molar-refractivity contribution >= 4 is 17.0 Å². The third-order valence-corrected chi connectivity index (χ3v) is 3.92. The molecule has 1 aliphatic heterocycles. The number of aryl methyl sites for hydroxylation is 1. The second-order valence-corrected chi connectivity index (χ2v) is 5.26. The summed E-state index contributed by atoms with van der Waals surface area (Å²) in [4.78, 5) is 4.70. The van der Waals surface area contributed by atoms with Gasteiger partial charge in [0.15, 0.2) is 0 Å². The maximum atomic E-state index is 4.70. The van der Waals surface area contributed by atoms with Crippen molar-refractivity contribution < 1.29 is 0 Å². The minimum atomic E-state index is 0.721. The summed E-state index contributed by atoms with van der Waals surface area (Å²) in [6, 6.07) is 8.34. The molecule has 2 heterocycles. The predicted octanol–water partition coefficient (Wildman–Crippen LogP) is 2.47. The zero-order valence-electron chi connectivity index (χ0n) is 11.5. The standard InChI is InChI=1S/C15H22N4/c1-2-19-14-8-4-3-7-13(14)18-15(19)17-11-12-6-5-9-16-10-12/h3-4,7-8,12,16H,2,5-6,9-11H2,1H3,(H,17,18). The van der Waals surface area contributed by atoms with Crippen molar-refractivity contribution in [2.75, 3.05) is 25.0 Å². The van der Waals surface area contributed by atoms with Crippen LogP contribution in [0.5, 0.6) is 0 Å². The lowest BCUT2D eigenvalue weighted by molar-refractivity contribution is 0.392. The van der Waals surface area contributed by atoms with E-state index < -0.39 is 0 Å². The molecule has 3 rings (SSSR count). The summed E-state index contributed by atoms with van der Waals surface area (Å²) in [6.07, 6.45) is 2.60. The number of benzene rings is 1. The van der Waals surface area contributed by atoms with Gasteiger partial charge in [-0.1, -0.05) is 12.1 Å². The van der Waals surface area contributed by atoms with E-state index in [1.54, 1.807) is 0 Å². The molecule has 0 bridgehead atoms. The molecule has 1 aromatic carbocycles. The largest absolute Gasteiger partial charge is 0.355 e. The number of imidazole rings is 1. The lowest BCUT2D eigenvalue weighted by atomic mass is 10.00. The molecular weight excluding hydrogens is 236 g/mol. The van der Waals surface area contributed by atoms with Gasteiger partial charge in [-0.15, -0.1) is 0 Å². The van der Waals surface area contributed by atoms with Crippen LogP contribution in [0.3, 0.4) is 0 Å². The summed E-state index contributed by atoms with van der Waals surface area (Å²) in [5.41, 5.74) is 2.29. The SMILES string of the molecule is CCn1c(NCC2CCCNC2)nc2ccccc21. The number of hydrogen-bond donors (Lipinski definition) is 2. The van der Waals surface area contributed by atoms with E-state index in [9.17, 15) is 0 Å². The molecular formula is C15H22N4. The van der Waals surface area contributed by atoms with Crippen LogP contribution < -0.4 is 10.6 Å². The zero-order valence-corrected chi connectivity index (χ0v) is 11.5. The van der Waals surface area contributed by atoms with E-state index in [0.29, 0.717) is 0 Å². The zero-order chi connectivity index (χ0) is 13.1. The summed E-state index contributed by atoms with van der Waals surface area (Å²) >= 11 is 0. The number of nitrogens with zero attached hydrogens (tertiary/aromatic N) is 2. The van der Waals surface area contributed by atoms with Gasteiger partial charge in [0, 0.05) is 13.1 Å². The van der Waals surface area contributed by atoms with Gasteiger partial charge in [-0.05, 0) is 50.9 Å². The van der Waals surface area contributed by atoms with E-state index in [1.807, 2.05) is 6.07 Å². The van der Waals surface area contributed by atoms with Crippen LogP contribution in [0.2, 0.25) is 0 Å². The molecule has 0 spiro atoms. The van der Waals surface area contributed by atoms with E-state index in [1.165, 1.54) is 24.9 Å². The molecule has 1 fully saturated rings. The number of aromatic nitrogens is 2. The van der Waals surface area contributed by atoms with Crippen LogP contribution in [0.1, 0.15) is 19.8 Å². The first-order valence-corrected chi connectivity index (χ1v) is 7.28. The topological polar surface area (TPSA) is 41.9 Å². The first-order valence-electron chi connectivity index (χ1n) is 7.28. The minimum absolute atomic E-state index is 0.721. The number of rotatable bonds is 4. The van der Waals surface area contributed by atoms with Crippen molar-refractivity contribution in [2.45, 2.75) is 26.3 Å². The highest BCUT2D eigenvalue weighted by molar-refractivity contribution is 5.78. The van der Waals surface area contributed by atoms with Gasteiger partial charge < -0.3 is 15.2 Å². The van der Waals surface area contributed by atoms with Gasteiger partial charge in [0.25, 0.3) is 0 Å². The monoisotopic (exact) mass is 258 g/mol. The average Bonchev–Trinajstić information content (AvgIpc) is 2.83. The highest BCUT2D eigenvalue weighted by Crippen LogP contribution is 2.20. The third-order valence-electron chi connectivity index (χ3n) is 3.92. The molecule has 0 radical (unpaired) electrons. The Bertz CT molecular complexity index is 540. The number of fused-ring (bicyclic) bond motifs is 1. The van der Waals surface area contributed by atoms with Gasteiger partial charge in [0.2, 0.25) is 5.95 Å². The van der Waals surface area contributed by atoms with Crippen molar-refractivity contribution in [1.82, 2.24) is 14.9 Å². The van der Waals surface area contributed by atoms with E-state index in [-0.39, 0.29) is 0 Å². The van der Waals surface area contributed by atoms with Gasteiger partial charge in [-0.3, -0.25) is 0 Å². The molecule has 0 amide bonds. The lowest BCUT2D eigenvalue weighted by Gasteiger charge is -2.23. The Morgan fingerprint density at radius 3 is 3.11 bits per heavy atom. The highest BCUT2D eigenvalue weighted by atomic mass is 15.2. The van der Waals surface area contributed by atoms with Crippen LogP contribution in [0, 0.1) is 5.92 Å². The molecule has 1 atom stereocenters. The van der Waals surface area contributed by atoms with Gasteiger partial charge in [0.05, 0.1) is 11.0 Å². The Morgan fingerprint density at radius 2 is 2.32 bits per heavy atom. The molecule has 2 aromatic rings. The van der Waals surface area contributed by atoms with Gasteiger partial charge in [0.1, 0.15) is 0 Å². The molecule has 1 aromatic heterocycles. The number of para-hydroxylation sites is 2. The molecule has 4 nitrogen and oxygen atoms in total. The Balaban J connectivity index is 1.76. The Hall–Kier alpha value is -1.55. The fraction of sp³-hybridized carbons (Fsp3) is 0.533. The van der Waals surface area contributed by atoms with E-state index in [0.717, 1.165) is 37.0 Å². The van der Waals surface area contributed by atoms with Gasteiger partial charge in [-0.25, -0.2) is 4.98 Å². The first-order chi connectivity index (χ1) is 9.38. The summed E-state index contributed by atoms with van der Waals surface area (Å²) < 4.78 is 2.26. The summed E-state index contributed by atoms with van der Waals surface area (Å²) in [5.74, 6) is 1.73. The first kappa shape index (κ1) is 12.5. The Morgan fingerprint density at radius 1 is 1.42 bits per heavy atom. The fourth-order valence-electron chi connectivity index (χ4n) is 2.86. The summed E-state index contributed by atoms with van der Waals surface area (Å²) in [7, 11) is 0. The molecule has 0 aliphatic carbocycles. The number of hydrogen-bond acceptors (Lipinski definition) is 3. The van der Waals surface area contributed by atoms with Crippen LogP contribution in [0.4, 0.5) is 5.95 Å². The molecule has 0 saturated carbocycles. The Labute approximate surface area is 114 Å². The smallest absolute Gasteiger partial charge is 0.203 e. The quantitative estimate of drug-likeness (QED) is 0.885. The van der Waals surface area contributed by atoms with E-state index >= 15 is 0 Å². The van der Waals surface area contributed by atoms with Crippen LogP contribution in [0.25, 0.3) is 11.0 Å². The number of nitrogens with one attached hydrogen (secondary N) is 2. The van der Waals surface area contributed by atoms with Crippen molar-refractivity contribution in [3.05, 3.63) is 24.3 Å². The second-order valence-electron chi connectivity index (χ2n) is 5.26. The molecule has 1 saturated heterocycles. The van der Waals surface area contributed by atoms with Gasteiger partial charge in [-0.2, -0.15) is 0 Å². The normalized spacial score (nSPS) is 19.7. The number of anilines is 1. The summed E-state index contributed by atoms with van der Waals surface area (Å²) in [5, 5.41) is 6.99. The third kappa shape index (κ3) is 2.59. The van der Waals surface area contributed by atoms with Crippen LogP contribution in [-0.4, -0.2) is 29.2 Å². The number of piperidine rings is 1. The molecule has 2 N–H and O–H groups in total. The minimum Gasteiger partial charge on any atom is -0.355 e. The molecule has 4 heteroatoms. The van der Waals surface area contributed by atoms with Crippen molar-refractivity contribution in [1.29, 1.82) is 0 Å². The fourth-order valence-corrected chi connectivity index (χ4v) is 2.86. The van der Waals surface area contributed by atoms with E-state index in [4.69, 9.17) is 4.98 Å². The summed E-state index contributed by atoms with van der Waals surface area (Å²) in [6.45, 7) is 6.42. The maximum absolute atomic E-state index is 4.70. The van der Waals surface area contributed by atoms with Crippen molar-refractivity contribution in [3.8, 4) is 0 Å². The second kappa shape index (κ2) is 5.61. The maximum Gasteiger partial charge on any atom is 0.203 e. The van der Waals surface area contributed by atoms with Gasteiger partial charge >= 0.3 is 0 Å². The van der Waals surface area contributed by atoms with Crippen molar-refractivity contribution in [3.63, 3.8) is 0 Å². The van der Waals surface area contributed by atoms with Crippen LogP contribution in [0.15, 0.2) is 24.3 Å².